The Morgan fingerprint density at radius 3 is 1.63 bits per heavy atom. The Balaban J connectivity index is 2.34. The van der Waals surface area contributed by atoms with Gasteiger partial charge < -0.3 is 101 Å². The van der Waals surface area contributed by atoms with Crippen molar-refractivity contribution in [2.45, 2.75) is 138 Å². The molecule has 1 aliphatic heterocycles. The van der Waals surface area contributed by atoms with Crippen molar-refractivity contribution in [3.05, 3.63) is 29.8 Å². The molecule has 0 saturated carbocycles. The van der Waals surface area contributed by atoms with Crippen molar-refractivity contribution in [1.82, 2.24) is 42.1 Å². The Hall–Kier alpha value is -7.74. The van der Waals surface area contributed by atoms with Crippen molar-refractivity contribution in [2.24, 2.45) is 33.7 Å². The van der Waals surface area contributed by atoms with Crippen LogP contribution >= 0.6 is 0 Å². The van der Waals surface area contributed by atoms with Crippen LogP contribution in [-0.4, -0.2) is 199 Å². The standard InChI is InChI=1S/C44H70N14O17/c1-20(61)33(42(73)58-16-4-6-30(58)41(72)52-25(5-3-15-50-44(48)49)37(68)57-34(21(2)62)43(74)75)56-40(71)29(19-60)55-38(69)27(17-22-7-9-23(63)10-8-22)53-39(70)28(18-59)54-36(67)26(12-14-32(47)65)51-35(66)24(45)11-13-31(46)64/h7-10,20-21,24-30,33-34,59-63H,3-6,11-19,45H2,1-2H3,(H2,46,64)(H2,47,65)(H,51,66)(H,52,72)(H,53,70)(H,54,67)(H,55,69)(H,56,71)(H,57,68)(H,74,75)(H4,48,49,50)/t20-,21-,24+,25+,26+,27+,28+,29+,30+,33+,34+/m1/s1. The number of carboxylic acids is 1. The molecule has 0 spiro atoms. The fourth-order valence-electron chi connectivity index (χ4n) is 7.35. The lowest BCUT2D eigenvalue weighted by molar-refractivity contribution is -0.146. The number of phenolic OH excluding ortho intramolecular Hbond substituents is 1. The number of benzene rings is 1. The van der Waals surface area contributed by atoms with Crippen molar-refractivity contribution in [3.8, 4) is 5.75 Å². The van der Waals surface area contributed by atoms with Crippen molar-refractivity contribution in [2.75, 3.05) is 26.3 Å². The molecule has 0 unspecified atom stereocenters. The number of primary amides is 2. The largest absolute Gasteiger partial charge is 0.508 e. The molecule has 1 fully saturated rings. The minimum Gasteiger partial charge on any atom is -0.508 e. The predicted molar refractivity (Wildman–Crippen MR) is 260 cm³/mol. The SMILES string of the molecule is C[C@@H](O)[C@H](NC(=O)[C@H](CCCN=C(N)N)NC(=O)[C@@H]1CCCN1C(=O)[C@@H](NC(=O)[C@H](CO)NC(=O)[C@H](Cc1ccc(O)cc1)NC(=O)[C@H](CO)NC(=O)[C@H](CCC(N)=O)NC(=O)[C@@H](N)CCC(N)=O)[C@@H](C)O)C(=O)O. The molecular formula is C44H70N14O17. The van der Waals surface area contributed by atoms with Crippen LogP contribution in [0.4, 0.5) is 0 Å². The van der Waals surface area contributed by atoms with Crippen molar-refractivity contribution >= 4 is 71.0 Å². The molecule has 1 aromatic rings. The van der Waals surface area contributed by atoms with E-state index in [1.165, 1.54) is 24.3 Å². The maximum Gasteiger partial charge on any atom is 0.328 e. The highest BCUT2D eigenvalue weighted by Gasteiger charge is 2.42. The van der Waals surface area contributed by atoms with Gasteiger partial charge in [-0.3, -0.25) is 52.9 Å². The number of likely N-dealkylation sites (tertiary alicyclic amines) is 1. The Labute approximate surface area is 429 Å². The number of aliphatic hydroxyl groups excluding tert-OH is 4. The Morgan fingerprint density at radius 2 is 1.11 bits per heavy atom. The quantitative estimate of drug-likeness (QED) is 0.0181. The van der Waals surface area contributed by atoms with Gasteiger partial charge in [0, 0.05) is 32.4 Å². The van der Waals surface area contributed by atoms with Gasteiger partial charge in [0.25, 0.3) is 0 Å². The fourth-order valence-corrected chi connectivity index (χ4v) is 7.35. The van der Waals surface area contributed by atoms with E-state index in [2.05, 4.69) is 42.2 Å². The monoisotopic (exact) mass is 1070 g/mol. The van der Waals surface area contributed by atoms with Crippen LogP contribution in [0.1, 0.15) is 70.8 Å². The molecule has 1 heterocycles. The first kappa shape index (κ1) is 63.4. The normalized spacial score (nSPS) is 17.1. The minimum absolute atomic E-state index is 0.00317. The highest BCUT2D eigenvalue weighted by atomic mass is 16.4. The molecule has 0 aliphatic carbocycles. The minimum atomic E-state index is -1.91. The number of hydrogen-bond donors (Lipinski definition) is 18. The van der Waals surface area contributed by atoms with Gasteiger partial charge in [0.05, 0.1) is 31.5 Å². The zero-order valence-corrected chi connectivity index (χ0v) is 41.3. The summed E-state index contributed by atoms with van der Waals surface area (Å²) in [4.78, 5) is 148. The third-order valence-electron chi connectivity index (χ3n) is 11.5. The summed E-state index contributed by atoms with van der Waals surface area (Å²) in [5, 5.41) is 76.5. The Bertz CT molecular complexity index is 2210. The number of aliphatic carboxylic acids is 1. The summed E-state index contributed by atoms with van der Waals surface area (Å²) in [7, 11) is 0. The number of aliphatic imine (C=N–C) groups is 1. The number of amides is 10. The first-order valence-corrected chi connectivity index (χ1v) is 23.6. The Kier molecular flexibility index (Phi) is 26.3. The van der Waals surface area contributed by atoms with Gasteiger partial charge in [0.1, 0.15) is 48.0 Å². The molecular weight excluding hydrogens is 997 g/mol. The summed E-state index contributed by atoms with van der Waals surface area (Å²) in [5.41, 5.74) is 27.2. The molecule has 11 atom stereocenters. The summed E-state index contributed by atoms with van der Waals surface area (Å²) >= 11 is 0. The van der Waals surface area contributed by atoms with Gasteiger partial charge in [-0.2, -0.15) is 0 Å². The summed E-state index contributed by atoms with van der Waals surface area (Å²) in [6.07, 6.45) is -4.75. The first-order chi connectivity index (χ1) is 35.2. The smallest absolute Gasteiger partial charge is 0.328 e. The van der Waals surface area contributed by atoms with Crippen LogP contribution in [0.25, 0.3) is 0 Å². The summed E-state index contributed by atoms with van der Waals surface area (Å²) in [6, 6.07) is -9.46. The second kappa shape index (κ2) is 31.1. The summed E-state index contributed by atoms with van der Waals surface area (Å²) in [5.74, 6) is -12.2. The maximum absolute atomic E-state index is 14.1. The second-order valence-electron chi connectivity index (χ2n) is 17.6. The highest BCUT2D eigenvalue weighted by Crippen LogP contribution is 2.20. The number of aliphatic hydroxyl groups is 4. The highest BCUT2D eigenvalue weighted by molar-refractivity contribution is 5.98. The van der Waals surface area contributed by atoms with Crippen LogP contribution in [0.3, 0.4) is 0 Å². The summed E-state index contributed by atoms with van der Waals surface area (Å²) < 4.78 is 0. The maximum atomic E-state index is 14.1. The third kappa shape index (κ3) is 21.3. The van der Waals surface area contributed by atoms with Gasteiger partial charge in [-0.25, -0.2) is 4.79 Å². The molecule has 31 heteroatoms. The topological polar surface area (TPSA) is 539 Å². The lowest BCUT2D eigenvalue weighted by atomic mass is 10.0. The number of carbonyl (C=O) groups is 11. The number of phenols is 1. The number of carboxylic acid groups (broad SMARTS) is 1. The van der Waals surface area contributed by atoms with Gasteiger partial charge in [0.2, 0.25) is 59.1 Å². The number of nitrogens with zero attached hydrogens (tertiary/aromatic N) is 2. The molecule has 0 aromatic heterocycles. The number of hydrogen-bond acceptors (Lipinski definition) is 18. The third-order valence-corrected chi connectivity index (χ3v) is 11.5. The van der Waals surface area contributed by atoms with Crippen molar-refractivity contribution in [3.63, 3.8) is 0 Å². The van der Waals surface area contributed by atoms with Crippen LogP contribution in [0, 0.1) is 0 Å². The van der Waals surface area contributed by atoms with Gasteiger partial charge in [-0.1, -0.05) is 12.1 Å². The van der Waals surface area contributed by atoms with E-state index >= 15 is 0 Å². The van der Waals surface area contributed by atoms with E-state index in [-0.39, 0.29) is 63.3 Å². The Morgan fingerprint density at radius 1 is 0.640 bits per heavy atom. The molecule has 0 bridgehead atoms. The van der Waals surface area contributed by atoms with Crippen molar-refractivity contribution in [1.29, 1.82) is 0 Å². The molecule has 23 N–H and O–H groups in total. The van der Waals surface area contributed by atoms with Gasteiger partial charge in [0.15, 0.2) is 12.0 Å². The van der Waals surface area contributed by atoms with Crippen LogP contribution in [0.5, 0.6) is 5.75 Å². The van der Waals surface area contributed by atoms with Crippen LogP contribution < -0.4 is 65.9 Å². The van der Waals surface area contributed by atoms with Gasteiger partial charge >= 0.3 is 5.97 Å². The van der Waals surface area contributed by atoms with E-state index in [1.807, 2.05) is 0 Å². The molecule has 75 heavy (non-hydrogen) atoms. The molecule has 418 valence electrons. The van der Waals surface area contributed by atoms with Gasteiger partial charge in [-0.05, 0) is 70.1 Å². The second-order valence-corrected chi connectivity index (χ2v) is 17.6. The van der Waals surface area contributed by atoms with Crippen LogP contribution in [0.15, 0.2) is 29.3 Å². The van der Waals surface area contributed by atoms with Crippen LogP contribution in [-0.2, 0) is 59.2 Å². The average molecular weight is 1070 g/mol. The molecule has 0 radical (unpaired) electrons. The van der Waals surface area contributed by atoms with Crippen molar-refractivity contribution < 1.29 is 83.4 Å². The molecule has 1 aromatic carbocycles. The van der Waals surface area contributed by atoms with Gasteiger partial charge in [-0.15, -0.1) is 0 Å². The number of carbonyl (C=O) groups excluding carboxylic acids is 10. The average Bonchev–Trinajstić information content (AvgIpc) is 3.84. The molecule has 2 rings (SSSR count). The number of nitrogens with one attached hydrogen (secondary N) is 7. The number of rotatable bonds is 32. The zero-order chi connectivity index (χ0) is 56.7. The van der Waals surface area contributed by atoms with E-state index in [0.29, 0.717) is 5.56 Å². The van der Waals surface area contributed by atoms with E-state index in [4.69, 9.17) is 28.7 Å². The number of nitrogens with two attached hydrogens (primary N) is 5. The van der Waals surface area contributed by atoms with Crippen LogP contribution in [0.2, 0.25) is 0 Å². The lowest BCUT2D eigenvalue weighted by Crippen LogP contribution is -2.62. The lowest BCUT2D eigenvalue weighted by Gasteiger charge is -2.32. The summed E-state index contributed by atoms with van der Waals surface area (Å²) in [6.45, 7) is -0.0989. The van der Waals surface area contributed by atoms with E-state index in [1.54, 1.807) is 0 Å². The fraction of sp³-hybridized carbons (Fsp3) is 0.591. The van der Waals surface area contributed by atoms with E-state index in [9.17, 15) is 83.4 Å². The van der Waals surface area contributed by atoms with E-state index < -0.39 is 164 Å². The zero-order valence-electron chi connectivity index (χ0n) is 41.3. The first-order valence-electron chi connectivity index (χ1n) is 23.6. The van der Waals surface area contributed by atoms with E-state index in [0.717, 1.165) is 18.7 Å². The predicted octanol–water partition coefficient (Wildman–Crippen LogP) is -8.94. The molecule has 1 saturated heterocycles. The molecule has 1 aliphatic rings. The number of guanidine groups is 1. The number of aromatic hydroxyl groups is 1. The molecule has 10 amide bonds. The molecule has 31 nitrogen and oxygen atoms in total.